The first-order valence-electron chi connectivity index (χ1n) is 6.36. The van der Waals surface area contributed by atoms with Crippen LogP contribution in [0.2, 0.25) is 0 Å². The summed E-state index contributed by atoms with van der Waals surface area (Å²) in [5.74, 6) is -1.58. The molecule has 0 aliphatic rings. The van der Waals surface area contributed by atoms with E-state index in [1.165, 1.54) is 24.3 Å². The summed E-state index contributed by atoms with van der Waals surface area (Å²) in [5, 5.41) is 34.6. The van der Waals surface area contributed by atoms with Crippen LogP contribution < -0.4 is 0 Å². The van der Waals surface area contributed by atoms with E-state index in [0.717, 1.165) is 0 Å². The maximum atomic E-state index is 10.2. The van der Waals surface area contributed by atoms with E-state index in [4.69, 9.17) is 20.4 Å². The van der Waals surface area contributed by atoms with E-state index < -0.39 is 11.9 Å². The van der Waals surface area contributed by atoms with Crippen molar-refractivity contribution in [2.24, 2.45) is 0 Å². The number of hydrogen-bond acceptors (Lipinski definition) is 4. The molecule has 6 heteroatoms. The topological polar surface area (TPSA) is 115 Å². The van der Waals surface area contributed by atoms with Crippen LogP contribution in [0.1, 0.15) is 11.1 Å². The Kier molecular flexibility index (Phi) is 6.43. The summed E-state index contributed by atoms with van der Waals surface area (Å²) in [6.07, 6.45) is -0.0944. The van der Waals surface area contributed by atoms with E-state index >= 15 is 0 Å². The zero-order valence-electron chi connectivity index (χ0n) is 11.6. The predicted molar refractivity (Wildman–Crippen MR) is 78.9 cm³/mol. The fourth-order valence-electron chi connectivity index (χ4n) is 1.68. The van der Waals surface area contributed by atoms with Crippen LogP contribution in [0.4, 0.5) is 0 Å². The standard InChI is InChI=1S/2C8H8O3/c2*9-7-3-1-2-6(4-7)5-8(10)11/h2*1-4,9H,5H2,(H,10,11). The Morgan fingerprint density at radius 3 is 1.36 bits per heavy atom. The minimum Gasteiger partial charge on any atom is -0.508 e. The fraction of sp³-hybridized carbons (Fsp3) is 0.125. The van der Waals surface area contributed by atoms with Gasteiger partial charge in [0.15, 0.2) is 0 Å². The SMILES string of the molecule is O=C(O)Cc1cccc(O)c1.O=C(O)Cc1cccc(O)c1. The van der Waals surface area contributed by atoms with Crippen molar-refractivity contribution in [3.63, 3.8) is 0 Å². The Morgan fingerprint density at radius 1 is 0.727 bits per heavy atom. The van der Waals surface area contributed by atoms with Crippen molar-refractivity contribution in [2.45, 2.75) is 12.8 Å². The molecule has 0 spiro atoms. The number of rotatable bonds is 4. The number of carboxylic acids is 2. The van der Waals surface area contributed by atoms with Gasteiger partial charge in [-0.1, -0.05) is 24.3 Å². The zero-order valence-corrected chi connectivity index (χ0v) is 11.6. The summed E-state index contributed by atoms with van der Waals surface area (Å²) in [6.45, 7) is 0. The first-order chi connectivity index (χ1) is 10.4. The molecule has 0 heterocycles. The predicted octanol–water partition coefficient (Wildman–Crippen LogP) is 2.04. The third kappa shape index (κ3) is 6.95. The molecule has 116 valence electrons. The van der Waals surface area contributed by atoms with E-state index in [-0.39, 0.29) is 24.3 Å². The Bertz CT molecular complexity index is 593. The van der Waals surface area contributed by atoms with Crippen molar-refractivity contribution in [1.82, 2.24) is 0 Å². The lowest BCUT2D eigenvalue weighted by Gasteiger charge is -1.96. The van der Waals surface area contributed by atoms with Gasteiger partial charge in [-0.05, 0) is 35.4 Å². The van der Waals surface area contributed by atoms with E-state index in [2.05, 4.69) is 0 Å². The molecular formula is C16H16O6. The monoisotopic (exact) mass is 304 g/mol. The molecule has 6 nitrogen and oxygen atoms in total. The minimum atomic E-state index is -0.893. The Labute approximate surface area is 126 Å². The molecule has 2 aromatic rings. The van der Waals surface area contributed by atoms with Gasteiger partial charge in [0, 0.05) is 0 Å². The molecule has 0 bridgehead atoms. The van der Waals surface area contributed by atoms with Gasteiger partial charge in [-0.15, -0.1) is 0 Å². The van der Waals surface area contributed by atoms with Gasteiger partial charge in [0.05, 0.1) is 12.8 Å². The van der Waals surface area contributed by atoms with Gasteiger partial charge in [-0.2, -0.15) is 0 Å². The first-order valence-corrected chi connectivity index (χ1v) is 6.36. The lowest BCUT2D eigenvalue weighted by Crippen LogP contribution is -1.99. The first kappa shape index (κ1) is 17.0. The summed E-state index contributed by atoms with van der Waals surface area (Å²) in [5.41, 5.74) is 1.22. The van der Waals surface area contributed by atoms with Crippen LogP contribution in [0.3, 0.4) is 0 Å². The number of aliphatic carboxylic acids is 2. The fourth-order valence-corrected chi connectivity index (χ4v) is 1.68. The van der Waals surface area contributed by atoms with Crippen LogP contribution in [-0.2, 0) is 22.4 Å². The average Bonchev–Trinajstić information content (AvgIpc) is 2.37. The number of carbonyl (C=O) groups is 2. The molecule has 4 N–H and O–H groups in total. The van der Waals surface area contributed by atoms with E-state index in [0.29, 0.717) is 11.1 Å². The maximum Gasteiger partial charge on any atom is 0.307 e. The largest absolute Gasteiger partial charge is 0.508 e. The zero-order chi connectivity index (χ0) is 16.5. The summed E-state index contributed by atoms with van der Waals surface area (Å²) in [4.78, 5) is 20.4. The van der Waals surface area contributed by atoms with Crippen LogP contribution in [0, 0.1) is 0 Å². The Morgan fingerprint density at radius 2 is 1.09 bits per heavy atom. The molecule has 22 heavy (non-hydrogen) atoms. The molecule has 0 aliphatic heterocycles. The molecule has 0 fully saturated rings. The van der Waals surface area contributed by atoms with Gasteiger partial charge in [0.25, 0.3) is 0 Å². The molecule has 2 rings (SSSR count). The maximum absolute atomic E-state index is 10.2. The molecule has 2 aromatic carbocycles. The third-order valence-corrected chi connectivity index (χ3v) is 2.53. The van der Waals surface area contributed by atoms with Crippen molar-refractivity contribution in [1.29, 1.82) is 0 Å². The van der Waals surface area contributed by atoms with Crippen molar-refractivity contribution < 1.29 is 30.0 Å². The van der Waals surface area contributed by atoms with E-state index in [1.54, 1.807) is 24.3 Å². The second-order valence-electron chi connectivity index (χ2n) is 4.48. The van der Waals surface area contributed by atoms with Gasteiger partial charge >= 0.3 is 11.9 Å². The second kappa shape index (κ2) is 8.31. The molecule has 0 radical (unpaired) electrons. The highest BCUT2D eigenvalue weighted by Crippen LogP contribution is 2.11. The van der Waals surface area contributed by atoms with Crippen molar-refractivity contribution in [2.75, 3.05) is 0 Å². The van der Waals surface area contributed by atoms with Crippen LogP contribution in [0.15, 0.2) is 48.5 Å². The van der Waals surface area contributed by atoms with E-state index in [1.807, 2.05) is 0 Å². The highest BCUT2D eigenvalue weighted by molar-refractivity contribution is 5.70. The van der Waals surface area contributed by atoms with Crippen LogP contribution >= 0.6 is 0 Å². The number of benzene rings is 2. The molecule has 0 aliphatic carbocycles. The minimum absolute atomic E-state index is 0.0472. The summed E-state index contributed by atoms with van der Waals surface area (Å²) >= 11 is 0. The summed E-state index contributed by atoms with van der Waals surface area (Å²) in [7, 11) is 0. The van der Waals surface area contributed by atoms with Crippen molar-refractivity contribution in [3.8, 4) is 11.5 Å². The number of phenols is 2. The van der Waals surface area contributed by atoms with Crippen LogP contribution in [-0.4, -0.2) is 32.4 Å². The molecule has 0 saturated heterocycles. The molecule has 0 saturated carbocycles. The lowest BCUT2D eigenvalue weighted by molar-refractivity contribution is -0.137. The highest BCUT2D eigenvalue weighted by Gasteiger charge is 2.00. The van der Waals surface area contributed by atoms with Crippen molar-refractivity contribution >= 4 is 11.9 Å². The molecule has 0 unspecified atom stereocenters. The number of carboxylic acid groups (broad SMARTS) is 2. The third-order valence-electron chi connectivity index (χ3n) is 2.53. The molecule has 0 aromatic heterocycles. The summed E-state index contributed by atoms with van der Waals surface area (Å²) < 4.78 is 0. The second-order valence-corrected chi connectivity index (χ2v) is 4.48. The van der Waals surface area contributed by atoms with Gasteiger partial charge in [-0.3, -0.25) is 9.59 Å². The van der Waals surface area contributed by atoms with Gasteiger partial charge in [0.1, 0.15) is 11.5 Å². The number of hydrogen-bond donors (Lipinski definition) is 4. The normalized spacial score (nSPS) is 9.45. The number of phenolic OH excluding ortho intramolecular Hbond substituents is 2. The van der Waals surface area contributed by atoms with Crippen molar-refractivity contribution in [3.05, 3.63) is 59.7 Å². The average molecular weight is 304 g/mol. The molecule has 0 atom stereocenters. The summed E-state index contributed by atoms with van der Waals surface area (Å²) in [6, 6.07) is 12.4. The van der Waals surface area contributed by atoms with Gasteiger partial charge in [0.2, 0.25) is 0 Å². The quantitative estimate of drug-likeness (QED) is 0.687. The molecular weight excluding hydrogens is 288 g/mol. The lowest BCUT2D eigenvalue weighted by atomic mass is 10.1. The van der Waals surface area contributed by atoms with Gasteiger partial charge in [-0.25, -0.2) is 0 Å². The smallest absolute Gasteiger partial charge is 0.307 e. The molecule has 0 amide bonds. The van der Waals surface area contributed by atoms with Crippen LogP contribution in [0.5, 0.6) is 11.5 Å². The van der Waals surface area contributed by atoms with Gasteiger partial charge < -0.3 is 20.4 Å². The Balaban J connectivity index is 0.000000220. The van der Waals surface area contributed by atoms with E-state index in [9.17, 15) is 9.59 Å². The van der Waals surface area contributed by atoms with Crippen LogP contribution in [0.25, 0.3) is 0 Å². The number of aromatic hydroxyl groups is 2. The Hall–Kier alpha value is -3.02. The highest BCUT2D eigenvalue weighted by atomic mass is 16.4.